The van der Waals surface area contributed by atoms with Crippen molar-refractivity contribution in [3.63, 3.8) is 0 Å². The fourth-order valence-corrected chi connectivity index (χ4v) is 1.33. The molecule has 1 aliphatic rings. The highest BCUT2D eigenvalue weighted by Crippen LogP contribution is 2.27. The molecule has 0 bridgehead atoms. The van der Waals surface area contributed by atoms with Gasteiger partial charge in [0.1, 0.15) is 12.0 Å². The summed E-state index contributed by atoms with van der Waals surface area (Å²) < 4.78 is 4.73. The van der Waals surface area contributed by atoms with Crippen molar-refractivity contribution < 1.29 is 19.4 Å². The number of carboxylic acid groups (broad SMARTS) is 1. The summed E-state index contributed by atoms with van der Waals surface area (Å²) in [5, 5.41) is 8.64. The van der Waals surface area contributed by atoms with Crippen LogP contribution in [0.1, 0.15) is 13.8 Å². The van der Waals surface area contributed by atoms with Crippen LogP contribution in [-0.2, 0) is 14.3 Å². The molecule has 1 heterocycles. The topological polar surface area (TPSA) is 63.6 Å². The predicted octanol–water partition coefficient (Wildman–Crippen LogP) is 0.269. The first-order chi connectivity index (χ1) is 5.04. The number of carbonyl (C=O) groups is 2. The number of hydrogen-bond acceptors (Lipinski definition) is 3. The Morgan fingerprint density at radius 2 is 2.09 bits per heavy atom. The molecule has 4 heteroatoms. The molecule has 0 amide bonds. The number of esters is 1. The van der Waals surface area contributed by atoms with Crippen LogP contribution >= 0.6 is 0 Å². The summed E-state index contributed by atoms with van der Waals surface area (Å²) in [6, 6.07) is 0. The summed E-state index contributed by atoms with van der Waals surface area (Å²) in [5.41, 5.74) is 0. The third kappa shape index (κ3) is 1.20. The van der Waals surface area contributed by atoms with E-state index < -0.39 is 29.9 Å². The number of aliphatic carboxylic acids is 1. The average Bonchev–Trinajstić information content (AvgIpc) is 2.07. The van der Waals surface area contributed by atoms with E-state index in [2.05, 4.69) is 0 Å². The lowest BCUT2D eigenvalue weighted by molar-refractivity contribution is -0.144. The predicted molar refractivity (Wildman–Crippen MR) is 35.8 cm³/mol. The monoisotopic (exact) mass is 158 g/mol. The molecule has 0 aliphatic carbocycles. The Morgan fingerprint density at radius 3 is 2.27 bits per heavy atom. The lowest BCUT2D eigenvalue weighted by atomic mass is 9.93. The molecule has 0 aromatic heterocycles. The van der Waals surface area contributed by atoms with E-state index in [4.69, 9.17) is 9.84 Å². The molecule has 62 valence electrons. The Labute approximate surface area is 64.2 Å². The Hall–Kier alpha value is -1.06. The highest BCUT2D eigenvalue weighted by atomic mass is 16.6. The van der Waals surface area contributed by atoms with E-state index in [1.165, 1.54) is 0 Å². The van der Waals surface area contributed by atoms with Gasteiger partial charge in [-0.3, -0.25) is 9.59 Å². The average molecular weight is 158 g/mol. The maximum Gasteiger partial charge on any atom is 0.311 e. The minimum Gasteiger partial charge on any atom is -0.481 e. The molecule has 0 unspecified atom stereocenters. The molecular weight excluding hydrogens is 148 g/mol. The van der Waals surface area contributed by atoms with Gasteiger partial charge in [-0.15, -0.1) is 0 Å². The second-order valence-electron chi connectivity index (χ2n) is 2.79. The quantitative estimate of drug-likeness (QED) is 0.556. The normalized spacial score (nSPS) is 36.9. The van der Waals surface area contributed by atoms with Gasteiger partial charge in [-0.1, -0.05) is 6.92 Å². The van der Waals surface area contributed by atoms with Crippen LogP contribution in [0.2, 0.25) is 0 Å². The van der Waals surface area contributed by atoms with Gasteiger partial charge in [0.2, 0.25) is 0 Å². The number of carboxylic acids is 1. The van der Waals surface area contributed by atoms with Gasteiger partial charge in [0.25, 0.3) is 0 Å². The molecule has 1 saturated heterocycles. The zero-order chi connectivity index (χ0) is 8.59. The Morgan fingerprint density at radius 1 is 1.55 bits per heavy atom. The number of carbonyl (C=O) groups excluding carboxylic acids is 1. The van der Waals surface area contributed by atoms with E-state index in [9.17, 15) is 9.59 Å². The molecule has 0 saturated carbocycles. The van der Waals surface area contributed by atoms with Crippen LogP contribution in [0.4, 0.5) is 0 Å². The highest BCUT2D eigenvalue weighted by molar-refractivity contribution is 5.84. The number of ether oxygens (including phenoxy) is 1. The van der Waals surface area contributed by atoms with Crippen molar-refractivity contribution in [3.8, 4) is 0 Å². The summed E-state index contributed by atoms with van der Waals surface area (Å²) in [6.45, 7) is 3.17. The number of rotatable bonds is 1. The van der Waals surface area contributed by atoms with Crippen molar-refractivity contribution in [2.75, 3.05) is 0 Å². The second kappa shape index (κ2) is 2.53. The molecule has 1 rings (SSSR count). The minimum absolute atomic E-state index is 0.412. The van der Waals surface area contributed by atoms with Crippen LogP contribution in [0.5, 0.6) is 0 Å². The van der Waals surface area contributed by atoms with Gasteiger partial charge in [0.15, 0.2) is 0 Å². The molecule has 1 N–H and O–H groups in total. The van der Waals surface area contributed by atoms with Gasteiger partial charge >= 0.3 is 11.9 Å². The van der Waals surface area contributed by atoms with Crippen molar-refractivity contribution in [2.45, 2.75) is 20.0 Å². The first-order valence-corrected chi connectivity index (χ1v) is 3.47. The van der Waals surface area contributed by atoms with Crippen molar-refractivity contribution in [1.29, 1.82) is 0 Å². The van der Waals surface area contributed by atoms with E-state index in [0.717, 1.165) is 0 Å². The van der Waals surface area contributed by atoms with E-state index in [1.54, 1.807) is 13.8 Å². The van der Waals surface area contributed by atoms with Crippen LogP contribution in [-0.4, -0.2) is 23.1 Å². The Kier molecular flexibility index (Phi) is 1.85. The molecule has 4 nitrogen and oxygen atoms in total. The zero-order valence-corrected chi connectivity index (χ0v) is 6.40. The van der Waals surface area contributed by atoms with Gasteiger partial charge in [-0.25, -0.2) is 0 Å². The van der Waals surface area contributed by atoms with Crippen molar-refractivity contribution in [3.05, 3.63) is 0 Å². The summed E-state index contributed by atoms with van der Waals surface area (Å²) in [4.78, 5) is 21.3. The second-order valence-corrected chi connectivity index (χ2v) is 2.79. The standard InChI is InChI=1S/C7H10O4/c1-3-5(6(8)9)4(2)11-7(3)10/h3-5H,1-2H3,(H,8,9)/t3-,4-,5-/m0/s1. The van der Waals surface area contributed by atoms with E-state index in [1.807, 2.05) is 0 Å². The fourth-order valence-electron chi connectivity index (χ4n) is 1.33. The lowest BCUT2D eigenvalue weighted by Crippen LogP contribution is -2.25. The Bertz CT molecular complexity index is 199. The van der Waals surface area contributed by atoms with Crippen LogP contribution in [0, 0.1) is 11.8 Å². The molecule has 1 aliphatic heterocycles. The smallest absolute Gasteiger partial charge is 0.311 e. The molecule has 0 aromatic carbocycles. The largest absolute Gasteiger partial charge is 0.481 e. The molecule has 0 radical (unpaired) electrons. The van der Waals surface area contributed by atoms with Crippen molar-refractivity contribution in [1.82, 2.24) is 0 Å². The van der Waals surface area contributed by atoms with E-state index in [-0.39, 0.29) is 0 Å². The molecular formula is C7H10O4. The molecule has 1 fully saturated rings. The number of hydrogen-bond donors (Lipinski definition) is 1. The van der Waals surface area contributed by atoms with Crippen LogP contribution in [0.3, 0.4) is 0 Å². The van der Waals surface area contributed by atoms with Crippen LogP contribution in [0.25, 0.3) is 0 Å². The highest BCUT2D eigenvalue weighted by Gasteiger charge is 2.43. The summed E-state index contributed by atoms with van der Waals surface area (Å²) in [6.07, 6.45) is -0.491. The first kappa shape index (κ1) is 8.04. The maximum absolute atomic E-state index is 10.8. The van der Waals surface area contributed by atoms with Crippen LogP contribution in [0.15, 0.2) is 0 Å². The van der Waals surface area contributed by atoms with Gasteiger partial charge < -0.3 is 9.84 Å². The van der Waals surface area contributed by atoms with Gasteiger partial charge in [-0.2, -0.15) is 0 Å². The van der Waals surface area contributed by atoms with E-state index in [0.29, 0.717) is 0 Å². The molecule has 0 aromatic rings. The summed E-state index contributed by atoms with van der Waals surface area (Å²) in [7, 11) is 0. The third-order valence-electron chi connectivity index (χ3n) is 2.00. The molecule has 0 spiro atoms. The number of cyclic esters (lactones) is 1. The van der Waals surface area contributed by atoms with Crippen LogP contribution < -0.4 is 0 Å². The maximum atomic E-state index is 10.8. The summed E-state index contributed by atoms with van der Waals surface area (Å²) in [5.74, 6) is -2.56. The van der Waals surface area contributed by atoms with Gasteiger partial charge in [0, 0.05) is 0 Å². The molecule has 11 heavy (non-hydrogen) atoms. The van der Waals surface area contributed by atoms with Crippen molar-refractivity contribution in [2.24, 2.45) is 11.8 Å². The minimum atomic E-state index is -0.962. The fraction of sp³-hybridized carbons (Fsp3) is 0.714. The lowest BCUT2D eigenvalue weighted by Gasteiger charge is -2.08. The Balaban J connectivity index is 2.79. The van der Waals surface area contributed by atoms with Gasteiger partial charge in [-0.05, 0) is 6.92 Å². The summed E-state index contributed by atoms with van der Waals surface area (Å²) >= 11 is 0. The SMILES string of the molecule is C[C@@H]1OC(=O)[C@@H](C)[C@@H]1C(=O)O. The first-order valence-electron chi connectivity index (χ1n) is 3.47. The van der Waals surface area contributed by atoms with Crippen molar-refractivity contribution >= 4 is 11.9 Å². The van der Waals surface area contributed by atoms with E-state index >= 15 is 0 Å². The zero-order valence-electron chi connectivity index (χ0n) is 6.40. The van der Waals surface area contributed by atoms with Gasteiger partial charge in [0.05, 0.1) is 5.92 Å². The third-order valence-corrected chi connectivity index (χ3v) is 2.00. The molecule has 3 atom stereocenters.